The zero-order valence-corrected chi connectivity index (χ0v) is 14.3. The first kappa shape index (κ1) is 16.3. The average molecular weight is 334 g/mol. The Morgan fingerprint density at radius 3 is 2.43 bits per heavy atom. The molecule has 0 aliphatic carbocycles. The molecule has 0 spiro atoms. The topological polar surface area (TPSA) is 49.9 Å². The maximum absolute atomic E-state index is 12.9. The number of nitrogens with zero attached hydrogens (tertiary/aromatic N) is 2. The normalized spacial score (nSPS) is 28.0. The van der Waals surface area contributed by atoms with Gasteiger partial charge < -0.3 is 14.5 Å². The molecule has 5 nitrogen and oxygen atoms in total. The second kappa shape index (κ2) is 6.93. The van der Waals surface area contributed by atoms with E-state index in [0.29, 0.717) is 30.3 Å². The van der Waals surface area contributed by atoms with Crippen molar-refractivity contribution in [1.82, 2.24) is 9.80 Å². The Labute approximate surface area is 141 Å². The zero-order valence-electron chi connectivity index (χ0n) is 13.5. The van der Waals surface area contributed by atoms with Gasteiger partial charge in [-0.1, -0.05) is 18.2 Å². The van der Waals surface area contributed by atoms with Gasteiger partial charge in [0, 0.05) is 24.4 Å². The van der Waals surface area contributed by atoms with E-state index in [1.54, 1.807) is 28.8 Å². The van der Waals surface area contributed by atoms with Crippen molar-refractivity contribution >= 4 is 23.6 Å². The van der Waals surface area contributed by atoms with Gasteiger partial charge in [-0.05, 0) is 26.0 Å². The van der Waals surface area contributed by atoms with E-state index in [0.717, 1.165) is 0 Å². The first-order valence-corrected chi connectivity index (χ1v) is 9.09. The second-order valence-electron chi connectivity index (χ2n) is 6.16. The first-order valence-electron chi connectivity index (χ1n) is 7.94. The molecule has 0 saturated carbocycles. The van der Waals surface area contributed by atoms with Gasteiger partial charge >= 0.3 is 0 Å². The monoisotopic (exact) mass is 334 g/mol. The van der Waals surface area contributed by atoms with Crippen LogP contribution in [0.1, 0.15) is 24.2 Å². The Bertz CT molecular complexity index is 570. The lowest BCUT2D eigenvalue weighted by Gasteiger charge is -2.37. The number of ether oxygens (including phenoxy) is 1. The molecule has 2 heterocycles. The highest BCUT2D eigenvalue weighted by molar-refractivity contribution is 7.99. The van der Waals surface area contributed by atoms with Crippen LogP contribution in [0, 0.1) is 0 Å². The number of morpholine rings is 1. The molecule has 3 atom stereocenters. The van der Waals surface area contributed by atoms with Crippen molar-refractivity contribution in [3.8, 4) is 0 Å². The van der Waals surface area contributed by atoms with Gasteiger partial charge in [-0.25, -0.2) is 0 Å². The van der Waals surface area contributed by atoms with Crippen LogP contribution in [0.15, 0.2) is 30.3 Å². The molecule has 2 amide bonds. The number of benzene rings is 1. The number of hydrogen-bond acceptors (Lipinski definition) is 4. The summed E-state index contributed by atoms with van der Waals surface area (Å²) in [5, 5.41) is 0. The maximum atomic E-state index is 12.9. The Morgan fingerprint density at radius 2 is 1.78 bits per heavy atom. The molecular formula is C17H22N2O3S. The summed E-state index contributed by atoms with van der Waals surface area (Å²) in [6.07, 6.45) is 0.0741. The molecule has 0 radical (unpaired) electrons. The fourth-order valence-electron chi connectivity index (χ4n) is 3.16. The minimum absolute atomic E-state index is 0.0371. The second-order valence-corrected chi connectivity index (χ2v) is 7.16. The Kier molecular flexibility index (Phi) is 4.92. The molecule has 3 unspecified atom stereocenters. The number of carbonyl (C=O) groups excluding carboxylic acids is 2. The van der Waals surface area contributed by atoms with E-state index < -0.39 is 0 Å². The van der Waals surface area contributed by atoms with Crippen molar-refractivity contribution in [2.75, 3.05) is 24.7 Å². The number of carbonyl (C=O) groups is 2. The van der Waals surface area contributed by atoms with E-state index >= 15 is 0 Å². The van der Waals surface area contributed by atoms with Crippen LogP contribution in [0.3, 0.4) is 0 Å². The summed E-state index contributed by atoms with van der Waals surface area (Å²) < 4.78 is 5.69. The van der Waals surface area contributed by atoms with Gasteiger partial charge in [-0.15, -0.1) is 11.8 Å². The Balaban J connectivity index is 1.73. The van der Waals surface area contributed by atoms with Gasteiger partial charge in [0.05, 0.1) is 18.1 Å². The Morgan fingerprint density at radius 1 is 1.13 bits per heavy atom. The van der Waals surface area contributed by atoms with Crippen LogP contribution < -0.4 is 0 Å². The highest BCUT2D eigenvalue weighted by atomic mass is 32.2. The van der Waals surface area contributed by atoms with E-state index in [1.807, 2.05) is 36.9 Å². The summed E-state index contributed by atoms with van der Waals surface area (Å²) >= 11 is 1.63. The van der Waals surface area contributed by atoms with E-state index in [2.05, 4.69) is 0 Å². The lowest BCUT2D eigenvalue weighted by atomic mass is 10.1. The summed E-state index contributed by atoms with van der Waals surface area (Å²) in [6, 6.07) is 8.80. The molecule has 0 bridgehead atoms. The van der Waals surface area contributed by atoms with E-state index in [1.165, 1.54) is 0 Å². The van der Waals surface area contributed by atoms with Crippen LogP contribution in [0.5, 0.6) is 0 Å². The van der Waals surface area contributed by atoms with Crippen molar-refractivity contribution in [2.45, 2.75) is 32.1 Å². The van der Waals surface area contributed by atoms with E-state index in [4.69, 9.17) is 4.74 Å². The third-order valence-electron chi connectivity index (χ3n) is 4.18. The summed E-state index contributed by atoms with van der Waals surface area (Å²) in [5.41, 5.74) is 0.636. The van der Waals surface area contributed by atoms with Crippen LogP contribution in [0.25, 0.3) is 0 Å². The molecule has 3 rings (SSSR count). The maximum Gasteiger partial charge on any atom is 0.255 e. The minimum Gasteiger partial charge on any atom is -0.372 e. The average Bonchev–Trinajstić information content (AvgIpc) is 3.03. The van der Waals surface area contributed by atoms with E-state index in [9.17, 15) is 9.59 Å². The molecule has 1 aromatic rings. The molecule has 2 aliphatic heterocycles. The van der Waals surface area contributed by atoms with Crippen LogP contribution in [-0.2, 0) is 9.53 Å². The molecule has 2 aliphatic rings. The molecule has 124 valence electrons. The predicted octanol–water partition coefficient (Wildman–Crippen LogP) is 1.84. The van der Waals surface area contributed by atoms with Gasteiger partial charge in [-0.3, -0.25) is 9.59 Å². The van der Waals surface area contributed by atoms with Crippen LogP contribution in [0.2, 0.25) is 0 Å². The molecule has 23 heavy (non-hydrogen) atoms. The van der Waals surface area contributed by atoms with Gasteiger partial charge in [0.25, 0.3) is 5.91 Å². The van der Waals surface area contributed by atoms with Crippen LogP contribution in [0.4, 0.5) is 0 Å². The van der Waals surface area contributed by atoms with Gasteiger partial charge in [-0.2, -0.15) is 0 Å². The van der Waals surface area contributed by atoms with Crippen LogP contribution in [-0.4, -0.2) is 64.6 Å². The number of amides is 2. The molecule has 6 heteroatoms. The van der Waals surface area contributed by atoms with Gasteiger partial charge in [0.15, 0.2) is 0 Å². The van der Waals surface area contributed by atoms with Crippen molar-refractivity contribution in [3.05, 3.63) is 35.9 Å². The molecule has 2 saturated heterocycles. The van der Waals surface area contributed by atoms with Crippen molar-refractivity contribution < 1.29 is 14.3 Å². The highest BCUT2D eigenvalue weighted by Gasteiger charge is 2.39. The molecule has 0 N–H and O–H groups in total. The molecule has 0 aromatic heterocycles. The SMILES string of the molecule is CC1CN(C(=O)C2CSCN2C(=O)c2ccccc2)CC(C)O1. The third kappa shape index (κ3) is 3.53. The van der Waals surface area contributed by atoms with Crippen molar-refractivity contribution in [1.29, 1.82) is 0 Å². The van der Waals surface area contributed by atoms with Crippen LogP contribution >= 0.6 is 11.8 Å². The first-order chi connectivity index (χ1) is 11.1. The quantitative estimate of drug-likeness (QED) is 0.828. The summed E-state index contributed by atoms with van der Waals surface area (Å²) in [4.78, 5) is 29.1. The van der Waals surface area contributed by atoms with Gasteiger partial charge in [0.1, 0.15) is 6.04 Å². The number of thioether (sulfide) groups is 1. The summed E-state index contributed by atoms with van der Waals surface area (Å²) in [7, 11) is 0. The number of rotatable bonds is 2. The van der Waals surface area contributed by atoms with E-state index in [-0.39, 0.29) is 30.1 Å². The number of hydrogen-bond donors (Lipinski definition) is 0. The molecule has 2 fully saturated rings. The highest BCUT2D eigenvalue weighted by Crippen LogP contribution is 2.25. The smallest absolute Gasteiger partial charge is 0.255 e. The Hall–Kier alpha value is -1.53. The predicted molar refractivity (Wildman–Crippen MR) is 90.3 cm³/mol. The fraction of sp³-hybridized carbons (Fsp3) is 0.529. The van der Waals surface area contributed by atoms with Gasteiger partial charge in [0.2, 0.25) is 5.91 Å². The van der Waals surface area contributed by atoms with Crippen molar-refractivity contribution in [2.24, 2.45) is 0 Å². The standard InChI is InChI=1S/C17H22N2O3S/c1-12-8-18(9-13(2)22-12)17(21)15-10-23-11-19(15)16(20)14-6-4-3-5-7-14/h3-7,12-13,15H,8-11H2,1-2H3. The molecule has 1 aromatic carbocycles. The largest absolute Gasteiger partial charge is 0.372 e. The summed E-state index contributed by atoms with van der Waals surface area (Å²) in [5.74, 6) is 1.21. The fourth-order valence-corrected chi connectivity index (χ4v) is 4.31. The summed E-state index contributed by atoms with van der Waals surface area (Å²) in [6.45, 7) is 5.15. The third-order valence-corrected chi connectivity index (χ3v) is 5.19. The minimum atomic E-state index is -0.370. The lowest BCUT2D eigenvalue weighted by molar-refractivity contribution is -0.146. The molecular weight excluding hydrogens is 312 g/mol. The van der Waals surface area contributed by atoms with Crippen molar-refractivity contribution in [3.63, 3.8) is 0 Å². The zero-order chi connectivity index (χ0) is 16.4. The lowest BCUT2D eigenvalue weighted by Crippen LogP contribution is -2.55.